The lowest BCUT2D eigenvalue weighted by Gasteiger charge is -2.22. The van der Waals surface area contributed by atoms with Crippen LogP contribution in [0.15, 0.2) is 41.5 Å². The van der Waals surface area contributed by atoms with Crippen LogP contribution >= 0.6 is 23.2 Å². The van der Waals surface area contributed by atoms with E-state index >= 15 is 0 Å². The largest absolute Gasteiger partial charge is 0.271 e. The van der Waals surface area contributed by atoms with Crippen LogP contribution in [0.25, 0.3) is 0 Å². The third kappa shape index (κ3) is 6.23. The van der Waals surface area contributed by atoms with Crippen LogP contribution in [-0.4, -0.2) is 33.3 Å². The van der Waals surface area contributed by atoms with Crippen molar-refractivity contribution in [3.05, 3.63) is 63.1 Å². The molecule has 0 aliphatic rings. The summed E-state index contributed by atoms with van der Waals surface area (Å²) >= 11 is 11.8. The number of halogens is 2. The van der Waals surface area contributed by atoms with Crippen molar-refractivity contribution in [1.82, 2.24) is 5.43 Å². The number of benzene rings is 2. The van der Waals surface area contributed by atoms with E-state index < -0.39 is 15.9 Å². The number of amides is 1. The highest BCUT2D eigenvalue weighted by molar-refractivity contribution is 7.92. The standard InChI is InChI=1S/C18H19Cl2N3O3S/c1-12-6-13(2)8-15(7-12)23(27(3,25)26)11-18(24)22-21-10-14-4-5-16(19)17(20)9-14/h4-10H,11H2,1-3H3,(H,22,24)/b21-10-. The van der Waals surface area contributed by atoms with E-state index in [1.54, 1.807) is 30.3 Å². The quantitative estimate of drug-likeness (QED) is 0.565. The molecule has 0 atom stereocenters. The van der Waals surface area contributed by atoms with Crippen LogP contribution in [0, 0.1) is 13.8 Å². The summed E-state index contributed by atoms with van der Waals surface area (Å²) in [6.45, 7) is 3.33. The second-order valence-corrected chi connectivity index (χ2v) is 8.80. The molecule has 0 radical (unpaired) electrons. The predicted molar refractivity (Wildman–Crippen MR) is 110 cm³/mol. The minimum Gasteiger partial charge on any atom is -0.271 e. The summed E-state index contributed by atoms with van der Waals surface area (Å²) in [6.07, 6.45) is 2.44. The molecule has 144 valence electrons. The molecule has 0 aliphatic heterocycles. The van der Waals surface area contributed by atoms with Gasteiger partial charge in [-0.25, -0.2) is 13.8 Å². The molecule has 0 unspecified atom stereocenters. The van der Waals surface area contributed by atoms with E-state index in [2.05, 4.69) is 10.5 Å². The Morgan fingerprint density at radius 1 is 1.11 bits per heavy atom. The monoisotopic (exact) mass is 427 g/mol. The minimum atomic E-state index is -3.65. The van der Waals surface area contributed by atoms with Crippen molar-refractivity contribution in [3.63, 3.8) is 0 Å². The van der Waals surface area contributed by atoms with E-state index in [1.165, 1.54) is 6.21 Å². The lowest BCUT2D eigenvalue weighted by molar-refractivity contribution is -0.119. The molecule has 2 aromatic rings. The van der Waals surface area contributed by atoms with Crippen LogP contribution in [0.4, 0.5) is 5.69 Å². The van der Waals surface area contributed by atoms with Crippen LogP contribution in [-0.2, 0) is 14.8 Å². The maximum absolute atomic E-state index is 12.2. The van der Waals surface area contributed by atoms with Crippen molar-refractivity contribution in [2.75, 3.05) is 17.1 Å². The van der Waals surface area contributed by atoms with Crippen molar-refractivity contribution in [3.8, 4) is 0 Å². The Kier molecular flexibility index (Phi) is 6.86. The molecule has 2 rings (SSSR count). The molecule has 0 heterocycles. The van der Waals surface area contributed by atoms with Gasteiger partial charge in [0, 0.05) is 0 Å². The van der Waals surface area contributed by atoms with E-state index in [-0.39, 0.29) is 6.54 Å². The van der Waals surface area contributed by atoms with Gasteiger partial charge >= 0.3 is 0 Å². The number of rotatable bonds is 6. The van der Waals surface area contributed by atoms with Crippen molar-refractivity contribution < 1.29 is 13.2 Å². The molecule has 9 heteroatoms. The number of aryl methyl sites for hydroxylation is 2. The van der Waals surface area contributed by atoms with Crippen molar-refractivity contribution in [2.24, 2.45) is 5.10 Å². The third-order valence-electron chi connectivity index (χ3n) is 3.53. The van der Waals surface area contributed by atoms with Gasteiger partial charge in [0.15, 0.2) is 0 Å². The second-order valence-electron chi connectivity index (χ2n) is 6.08. The maximum atomic E-state index is 12.2. The van der Waals surface area contributed by atoms with Gasteiger partial charge in [-0.15, -0.1) is 0 Å². The zero-order chi connectivity index (χ0) is 20.2. The van der Waals surface area contributed by atoms with Crippen molar-refractivity contribution in [1.29, 1.82) is 0 Å². The summed E-state index contributed by atoms with van der Waals surface area (Å²) < 4.78 is 25.3. The van der Waals surface area contributed by atoms with Crippen LogP contribution < -0.4 is 9.73 Å². The number of sulfonamides is 1. The first kappa shape index (κ1) is 21.2. The molecule has 0 saturated heterocycles. The summed E-state index contributed by atoms with van der Waals surface area (Å²) in [4.78, 5) is 12.2. The topological polar surface area (TPSA) is 78.8 Å². The zero-order valence-corrected chi connectivity index (χ0v) is 17.4. The average Bonchev–Trinajstić information content (AvgIpc) is 2.54. The van der Waals surface area contributed by atoms with Gasteiger partial charge in [-0.1, -0.05) is 35.3 Å². The SMILES string of the molecule is Cc1cc(C)cc(N(CC(=O)N/N=C\c2ccc(Cl)c(Cl)c2)S(C)(=O)=O)c1. The van der Waals surface area contributed by atoms with E-state index in [9.17, 15) is 13.2 Å². The number of hydrogen-bond donors (Lipinski definition) is 1. The molecule has 6 nitrogen and oxygen atoms in total. The summed E-state index contributed by atoms with van der Waals surface area (Å²) in [7, 11) is -3.65. The van der Waals surface area contributed by atoms with Crippen LogP contribution in [0.5, 0.6) is 0 Å². The van der Waals surface area contributed by atoms with Crippen LogP contribution in [0.1, 0.15) is 16.7 Å². The highest BCUT2D eigenvalue weighted by Gasteiger charge is 2.21. The number of hydrogen-bond acceptors (Lipinski definition) is 4. The van der Waals surface area contributed by atoms with Crippen molar-refractivity contribution >= 4 is 51.0 Å². The van der Waals surface area contributed by atoms with Gasteiger partial charge < -0.3 is 0 Å². The molecule has 2 aromatic carbocycles. The predicted octanol–water partition coefficient (Wildman–Crippen LogP) is 3.53. The van der Waals surface area contributed by atoms with Gasteiger partial charge in [-0.05, 0) is 54.8 Å². The Morgan fingerprint density at radius 2 is 1.74 bits per heavy atom. The van der Waals surface area contributed by atoms with Crippen LogP contribution in [0.3, 0.4) is 0 Å². The number of carbonyl (C=O) groups excluding carboxylic acids is 1. The highest BCUT2D eigenvalue weighted by atomic mass is 35.5. The molecular formula is C18H19Cl2N3O3S. The molecule has 0 aliphatic carbocycles. The van der Waals surface area contributed by atoms with E-state index in [1.807, 2.05) is 19.9 Å². The normalized spacial score (nSPS) is 11.6. The Bertz CT molecular complexity index is 971. The molecule has 27 heavy (non-hydrogen) atoms. The number of carbonyl (C=O) groups is 1. The summed E-state index contributed by atoms with van der Waals surface area (Å²) in [5.41, 5.74) is 5.18. The fraction of sp³-hybridized carbons (Fsp3) is 0.222. The summed E-state index contributed by atoms with van der Waals surface area (Å²) in [6, 6.07) is 10.2. The smallest absolute Gasteiger partial charge is 0.260 e. The van der Waals surface area contributed by atoms with Gasteiger partial charge in [0.25, 0.3) is 5.91 Å². The number of hydrazone groups is 1. The summed E-state index contributed by atoms with van der Waals surface area (Å²) in [5.74, 6) is -0.573. The first-order chi connectivity index (χ1) is 12.6. The van der Waals surface area contributed by atoms with E-state index in [0.717, 1.165) is 21.7 Å². The molecular weight excluding hydrogens is 409 g/mol. The highest BCUT2D eigenvalue weighted by Crippen LogP contribution is 2.22. The first-order valence-electron chi connectivity index (χ1n) is 7.89. The molecule has 1 N–H and O–H groups in total. The molecule has 0 saturated carbocycles. The van der Waals surface area contributed by atoms with Gasteiger partial charge in [-0.2, -0.15) is 5.10 Å². The molecule has 0 fully saturated rings. The third-order valence-corrected chi connectivity index (χ3v) is 5.41. The lowest BCUT2D eigenvalue weighted by Crippen LogP contribution is -2.39. The second kappa shape index (κ2) is 8.73. The fourth-order valence-corrected chi connectivity index (χ4v) is 3.58. The maximum Gasteiger partial charge on any atom is 0.260 e. The molecule has 0 aromatic heterocycles. The zero-order valence-electron chi connectivity index (χ0n) is 15.0. The molecule has 0 bridgehead atoms. The van der Waals surface area contributed by atoms with E-state index in [0.29, 0.717) is 21.3 Å². The Hall–Kier alpha value is -2.09. The Labute approximate surface area is 168 Å². The Morgan fingerprint density at radius 3 is 2.30 bits per heavy atom. The lowest BCUT2D eigenvalue weighted by atomic mass is 10.1. The Balaban J connectivity index is 2.12. The number of nitrogens with zero attached hydrogens (tertiary/aromatic N) is 2. The van der Waals surface area contributed by atoms with E-state index in [4.69, 9.17) is 23.2 Å². The first-order valence-corrected chi connectivity index (χ1v) is 10.5. The average molecular weight is 428 g/mol. The van der Waals surface area contributed by atoms with Gasteiger partial charge in [-0.3, -0.25) is 9.10 Å². The molecule has 0 spiro atoms. The summed E-state index contributed by atoms with van der Waals surface area (Å²) in [5, 5.41) is 4.61. The van der Waals surface area contributed by atoms with Gasteiger partial charge in [0.05, 0.1) is 28.2 Å². The van der Waals surface area contributed by atoms with Crippen LogP contribution in [0.2, 0.25) is 10.0 Å². The number of anilines is 1. The number of nitrogens with one attached hydrogen (secondary N) is 1. The van der Waals surface area contributed by atoms with Crippen molar-refractivity contribution in [2.45, 2.75) is 13.8 Å². The molecule has 1 amide bonds. The fourth-order valence-electron chi connectivity index (χ4n) is 2.43. The van der Waals surface area contributed by atoms with Gasteiger partial charge in [0.2, 0.25) is 10.0 Å². The minimum absolute atomic E-state index is 0.366. The van der Waals surface area contributed by atoms with Gasteiger partial charge in [0.1, 0.15) is 6.54 Å².